The topological polar surface area (TPSA) is 76.9 Å². The first-order valence-corrected chi connectivity index (χ1v) is 7.45. The van der Waals surface area contributed by atoms with Gasteiger partial charge in [0.05, 0.1) is 4.90 Å². The zero-order valence-electron chi connectivity index (χ0n) is 10.7. The predicted octanol–water partition coefficient (Wildman–Crippen LogP) is 1.67. The minimum atomic E-state index is -3.68. The molecule has 0 saturated carbocycles. The van der Waals surface area contributed by atoms with E-state index in [4.69, 9.17) is 0 Å². The number of fused-ring (bicyclic) bond motifs is 1. The van der Waals surface area contributed by atoms with Gasteiger partial charge in [0.2, 0.25) is 0 Å². The maximum Gasteiger partial charge on any atom is 0.276 e. The smallest absolute Gasteiger partial charge is 0.200 e. The lowest BCUT2D eigenvalue weighted by atomic mass is 10.2. The van der Waals surface area contributed by atoms with E-state index in [-0.39, 0.29) is 4.90 Å². The molecule has 0 amide bonds. The summed E-state index contributed by atoms with van der Waals surface area (Å²) in [5.74, 6) is 0. The van der Waals surface area contributed by atoms with Crippen LogP contribution >= 0.6 is 0 Å². The molecule has 1 heterocycles. The number of rotatable bonds is 3. The average molecular weight is 288 g/mol. The van der Waals surface area contributed by atoms with Gasteiger partial charge in [-0.15, -0.1) is 9.89 Å². The second-order valence-electron chi connectivity index (χ2n) is 4.35. The van der Waals surface area contributed by atoms with E-state index in [1.165, 1.54) is 16.9 Å². The standard InChI is InChI=1S/C13H12N4O2S/c1-10-6-5-9-12-13(10)14-15-17(12)16-20(18,19)11-7-3-2-4-8-11/h2-9,16H,1H3. The van der Waals surface area contributed by atoms with E-state index in [2.05, 4.69) is 15.1 Å². The van der Waals surface area contributed by atoms with Crippen molar-refractivity contribution in [1.82, 2.24) is 15.1 Å². The molecule has 2 aromatic carbocycles. The van der Waals surface area contributed by atoms with Gasteiger partial charge < -0.3 is 0 Å². The Morgan fingerprint density at radius 3 is 2.55 bits per heavy atom. The van der Waals surface area contributed by atoms with Gasteiger partial charge >= 0.3 is 0 Å². The van der Waals surface area contributed by atoms with Crippen LogP contribution in [0.2, 0.25) is 0 Å². The highest BCUT2D eigenvalue weighted by molar-refractivity contribution is 7.92. The van der Waals surface area contributed by atoms with Crippen LogP contribution in [0.4, 0.5) is 0 Å². The summed E-state index contributed by atoms with van der Waals surface area (Å²) < 4.78 is 24.5. The van der Waals surface area contributed by atoms with Gasteiger partial charge in [0.25, 0.3) is 10.0 Å². The van der Waals surface area contributed by atoms with Crippen LogP contribution in [-0.2, 0) is 10.0 Å². The molecule has 0 aliphatic carbocycles. The van der Waals surface area contributed by atoms with Gasteiger partial charge in [-0.2, -0.15) is 13.2 Å². The molecule has 3 aromatic rings. The van der Waals surface area contributed by atoms with Crippen LogP contribution < -0.4 is 4.83 Å². The number of aromatic nitrogens is 3. The van der Waals surface area contributed by atoms with Crippen LogP contribution in [0.25, 0.3) is 11.0 Å². The van der Waals surface area contributed by atoms with Crippen molar-refractivity contribution < 1.29 is 8.42 Å². The zero-order chi connectivity index (χ0) is 14.2. The van der Waals surface area contributed by atoms with Gasteiger partial charge in [-0.25, -0.2) is 0 Å². The summed E-state index contributed by atoms with van der Waals surface area (Å²) in [5.41, 5.74) is 2.22. The average Bonchev–Trinajstić information content (AvgIpc) is 2.84. The Hall–Kier alpha value is -2.41. The molecule has 3 rings (SSSR count). The van der Waals surface area contributed by atoms with Crippen molar-refractivity contribution in [3.63, 3.8) is 0 Å². The van der Waals surface area contributed by atoms with E-state index in [0.717, 1.165) is 5.56 Å². The molecule has 20 heavy (non-hydrogen) atoms. The minimum absolute atomic E-state index is 0.177. The monoisotopic (exact) mass is 288 g/mol. The van der Waals surface area contributed by atoms with Gasteiger partial charge in [0.15, 0.2) is 0 Å². The van der Waals surface area contributed by atoms with Crippen LogP contribution in [0, 0.1) is 6.92 Å². The van der Waals surface area contributed by atoms with Gasteiger partial charge in [0.1, 0.15) is 11.0 Å². The van der Waals surface area contributed by atoms with Crippen molar-refractivity contribution in [2.24, 2.45) is 0 Å². The second-order valence-corrected chi connectivity index (χ2v) is 6.01. The number of hydrogen-bond donors (Lipinski definition) is 1. The fourth-order valence-electron chi connectivity index (χ4n) is 1.92. The highest BCUT2D eigenvalue weighted by atomic mass is 32.2. The number of sulfonamides is 1. The summed E-state index contributed by atoms with van der Waals surface area (Å²) in [4.78, 5) is 3.75. The molecule has 0 spiro atoms. The number of hydrogen-bond acceptors (Lipinski definition) is 4. The van der Waals surface area contributed by atoms with Crippen LogP contribution in [0.15, 0.2) is 53.4 Å². The Labute approximate surface area is 116 Å². The molecule has 0 aliphatic heterocycles. The van der Waals surface area contributed by atoms with E-state index < -0.39 is 10.0 Å². The molecule has 1 N–H and O–H groups in total. The van der Waals surface area contributed by atoms with E-state index in [0.29, 0.717) is 11.0 Å². The summed E-state index contributed by atoms with van der Waals surface area (Å²) >= 11 is 0. The molecule has 7 heteroatoms. The molecule has 0 saturated heterocycles. The second kappa shape index (κ2) is 4.61. The summed E-state index contributed by atoms with van der Waals surface area (Å²) in [6.07, 6.45) is 0. The van der Waals surface area contributed by atoms with E-state index in [1.807, 2.05) is 19.1 Å². The molecule has 0 aliphatic rings. The zero-order valence-corrected chi connectivity index (χ0v) is 11.5. The lowest BCUT2D eigenvalue weighted by molar-refractivity contribution is 0.591. The maximum absolute atomic E-state index is 12.2. The van der Waals surface area contributed by atoms with Crippen molar-refractivity contribution >= 4 is 21.1 Å². The maximum atomic E-state index is 12.2. The van der Waals surface area contributed by atoms with Crippen LogP contribution in [-0.4, -0.2) is 23.5 Å². The molecule has 0 bridgehead atoms. The Bertz CT molecular complexity index is 856. The minimum Gasteiger partial charge on any atom is -0.200 e. The summed E-state index contributed by atoms with van der Waals surface area (Å²) in [5, 5.41) is 7.83. The van der Waals surface area contributed by atoms with Crippen molar-refractivity contribution in [2.75, 3.05) is 4.83 Å². The molecule has 0 atom stereocenters. The van der Waals surface area contributed by atoms with Crippen molar-refractivity contribution in [3.05, 3.63) is 54.1 Å². The first-order chi connectivity index (χ1) is 9.58. The lowest BCUT2D eigenvalue weighted by Crippen LogP contribution is -2.24. The molecule has 0 unspecified atom stereocenters. The van der Waals surface area contributed by atoms with Crippen LogP contribution in [0.1, 0.15) is 5.56 Å². The van der Waals surface area contributed by atoms with E-state index in [1.54, 1.807) is 24.3 Å². The summed E-state index contributed by atoms with van der Waals surface area (Å²) in [6.45, 7) is 1.90. The lowest BCUT2D eigenvalue weighted by Gasteiger charge is -2.07. The van der Waals surface area contributed by atoms with Gasteiger partial charge in [-0.3, -0.25) is 0 Å². The molecular formula is C13H12N4O2S. The van der Waals surface area contributed by atoms with Crippen molar-refractivity contribution in [1.29, 1.82) is 0 Å². The Kier molecular flexibility index (Phi) is 2.90. The SMILES string of the molecule is Cc1cccc2c1nnn2NS(=O)(=O)c1ccccc1. The molecule has 1 aromatic heterocycles. The molecule has 0 fully saturated rings. The fraction of sp³-hybridized carbons (Fsp3) is 0.0769. The number of aryl methyl sites for hydroxylation is 1. The third-order valence-corrected chi connectivity index (χ3v) is 4.25. The largest absolute Gasteiger partial charge is 0.276 e. The number of benzene rings is 2. The molecule has 102 valence electrons. The van der Waals surface area contributed by atoms with Gasteiger partial charge in [-0.1, -0.05) is 30.3 Å². The third-order valence-electron chi connectivity index (χ3n) is 2.94. The van der Waals surface area contributed by atoms with Crippen molar-refractivity contribution in [3.8, 4) is 0 Å². The van der Waals surface area contributed by atoms with Crippen LogP contribution in [0.3, 0.4) is 0 Å². The first-order valence-electron chi connectivity index (χ1n) is 5.97. The molecule has 6 nitrogen and oxygen atoms in total. The molecular weight excluding hydrogens is 276 g/mol. The summed E-state index contributed by atoms with van der Waals surface area (Å²) in [7, 11) is -3.68. The third kappa shape index (κ3) is 2.12. The van der Waals surface area contributed by atoms with E-state index >= 15 is 0 Å². The Morgan fingerprint density at radius 2 is 1.80 bits per heavy atom. The predicted molar refractivity (Wildman–Crippen MR) is 75.3 cm³/mol. The number of nitrogens with one attached hydrogen (secondary N) is 1. The first kappa shape index (κ1) is 12.6. The highest BCUT2D eigenvalue weighted by Crippen LogP contribution is 2.15. The Balaban J connectivity index is 2.04. The van der Waals surface area contributed by atoms with Gasteiger partial charge in [-0.05, 0) is 35.9 Å². The fourth-order valence-corrected chi connectivity index (χ4v) is 2.90. The number of nitrogens with zero attached hydrogens (tertiary/aromatic N) is 3. The van der Waals surface area contributed by atoms with Crippen molar-refractivity contribution in [2.45, 2.75) is 11.8 Å². The van der Waals surface area contributed by atoms with Gasteiger partial charge in [0, 0.05) is 0 Å². The van der Waals surface area contributed by atoms with Crippen LogP contribution in [0.5, 0.6) is 0 Å². The highest BCUT2D eigenvalue weighted by Gasteiger charge is 2.16. The van der Waals surface area contributed by atoms with E-state index in [9.17, 15) is 8.42 Å². The quantitative estimate of drug-likeness (QED) is 0.795. The summed E-state index contributed by atoms with van der Waals surface area (Å²) in [6, 6.07) is 13.6. The normalized spacial score (nSPS) is 11.7. The Morgan fingerprint density at radius 1 is 1.05 bits per heavy atom. The molecule has 0 radical (unpaired) electrons.